The van der Waals surface area contributed by atoms with Gasteiger partial charge in [0.25, 0.3) is 0 Å². The SMILES string of the molecule is [2H]c1c([2H])c([2H])c2c(c1[2H])c1c([2H])c([2H])c([2H])c([2H])c1n2-c1ccc2c(c1)N(c1c(-c3ccc(C(C)(C)C)cc3)cc(C(C)(C)C)cc1-c1ccc(C(C)(C)C)cc1)c1cc(C3c4ccccc4Cc4ccccc43)cc3c1C2c1ccc(-c2cc(C(C)(C)C)cc(C(C)(C)C)c2)cc1N3c1c(-c2ccc(C(C)(C)C)cc2)cc(C(C)(C)C)cc1-c1ccc(C(C)(C)C)cc1. The fourth-order valence-electron chi connectivity index (χ4n) is 19.1. The molecular weight excluding hydrogens is 1470 g/mol. The molecule has 14 aromatic carbocycles. The van der Waals surface area contributed by atoms with Gasteiger partial charge in [0, 0.05) is 56.1 Å². The first-order valence-electron chi connectivity index (χ1n) is 48.1. The Balaban J connectivity index is 1.10. The Hall–Kier alpha value is -11.5. The van der Waals surface area contributed by atoms with Crippen LogP contribution in [0.3, 0.4) is 0 Å². The molecular formula is C119H123N3. The third-order valence-electron chi connectivity index (χ3n) is 26.5. The van der Waals surface area contributed by atoms with Gasteiger partial charge >= 0.3 is 0 Å². The largest absolute Gasteiger partial charge is 0.309 e. The lowest BCUT2D eigenvalue weighted by Gasteiger charge is -2.47. The van der Waals surface area contributed by atoms with Crippen LogP contribution in [0.2, 0.25) is 0 Å². The Morgan fingerprint density at radius 2 is 0.582 bits per heavy atom. The highest BCUT2D eigenvalue weighted by molar-refractivity contribution is 6.11. The van der Waals surface area contributed by atoms with E-state index in [1.807, 2.05) is 6.07 Å². The molecule has 0 spiro atoms. The molecule has 3 heterocycles. The maximum atomic E-state index is 10.1. The van der Waals surface area contributed by atoms with Gasteiger partial charge < -0.3 is 14.4 Å². The highest BCUT2D eigenvalue weighted by Crippen LogP contribution is 2.66. The van der Waals surface area contributed by atoms with Crippen LogP contribution in [-0.4, -0.2) is 4.57 Å². The summed E-state index contributed by atoms with van der Waals surface area (Å²) < 4.78 is 79.3. The van der Waals surface area contributed by atoms with E-state index in [-0.39, 0.29) is 77.7 Å². The summed E-state index contributed by atoms with van der Waals surface area (Å²) >= 11 is 0. The molecule has 122 heavy (non-hydrogen) atoms. The summed E-state index contributed by atoms with van der Waals surface area (Å²) in [5, 5.41) is 0.0265. The molecule has 1 aliphatic carbocycles. The van der Waals surface area contributed by atoms with Crippen molar-refractivity contribution < 1.29 is 11.0 Å². The fourth-order valence-corrected chi connectivity index (χ4v) is 19.1. The van der Waals surface area contributed by atoms with Gasteiger partial charge in [-0.3, -0.25) is 0 Å². The molecule has 3 aliphatic rings. The average molecular weight is 1600 g/mol. The first-order chi connectivity index (χ1) is 60.9. The van der Waals surface area contributed by atoms with Crippen LogP contribution in [0.4, 0.5) is 34.1 Å². The predicted octanol–water partition coefficient (Wildman–Crippen LogP) is 33.3. The molecule has 0 amide bonds. The molecule has 614 valence electrons. The second kappa shape index (κ2) is 29.1. The quantitative estimate of drug-likeness (QED) is 0.143. The van der Waals surface area contributed by atoms with Gasteiger partial charge in [-0.25, -0.2) is 0 Å². The standard InChI is InChI=1S/C119H123N3/c1-112(2,3)82-50-41-73(42-51-82)97-68-88(118(19,20)21)69-98(74-43-52-83(53-44-74)113(4,5)6)110(97)121-103-64-77(80-62-86(116(13,14)15)67-87(63-80)117(16,17)18)49-59-95(103)108-96-60-58-90(120-101-39-31-29-37-93(101)94-38-30-32-40-102(94)120)72-104(96)122(106-66-81(65-105(121)109(106)108)107-91-35-27-25-33-78(91)61-79-34-26-28-36-92(79)107)111-99(75-45-54-84(55-46-75)114(7,8)9)70-89(119(22,23)24)71-100(111)76-47-56-85(57-48-76)115(10,11)12/h25-60,62-72,107-108H,61H2,1-24H3/i29D,30D,31D,32D,37D,38D,39D,40D. The van der Waals surface area contributed by atoms with Gasteiger partial charge in [-0.1, -0.05) is 384 Å². The Kier molecular flexibility index (Phi) is 17.2. The smallest absolute Gasteiger partial charge is 0.0645 e. The van der Waals surface area contributed by atoms with Gasteiger partial charge in [-0.05, 0) is 233 Å². The summed E-state index contributed by atoms with van der Waals surface area (Å²) in [6, 6.07) is 87.9. The molecule has 2 aliphatic heterocycles. The van der Waals surface area contributed by atoms with Crippen molar-refractivity contribution in [3.8, 4) is 61.3 Å². The number of aromatic nitrogens is 1. The number of hydrogen-bond acceptors (Lipinski definition) is 2. The van der Waals surface area contributed by atoms with Crippen LogP contribution in [0.25, 0.3) is 83.1 Å². The van der Waals surface area contributed by atoms with Crippen molar-refractivity contribution in [2.24, 2.45) is 0 Å². The van der Waals surface area contributed by atoms with E-state index >= 15 is 0 Å². The van der Waals surface area contributed by atoms with Crippen LogP contribution in [0.5, 0.6) is 0 Å². The summed E-state index contributed by atoms with van der Waals surface area (Å²) in [5.74, 6) is -0.876. The molecule has 0 bridgehead atoms. The summed E-state index contributed by atoms with van der Waals surface area (Å²) in [6.07, 6.45) is 0.756. The third-order valence-corrected chi connectivity index (χ3v) is 26.5. The zero-order valence-electron chi connectivity index (χ0n) is 84.2. The van der Waals surface area contributed by atoms with E-state index in [9.17, 15) is 11.0 Å². The normalized spacial score (nSPS) is 15.5. The summed E-state index contributed by atoms with van der Waals surface area (Å²) in [4.78, 5) is 5.27. The van der Waals surface area contributed by atoms with Crippen LogP contribution in [0, 0.1) is 0 Å². The van der Waals surface area contributed by atoms with Gasteiger partial charge in [-0.15, -0.1) is 0 Å². The number of nitrogens with zero attached hydrogens (tertiary/aromatic N) is 3. The van der Waals surface area contributed by atoms with E-state index in [4.69, 9.17) is 0 Å². The van der Waals surface area contributed by atoms with E-state index in [2.05, 4.69) is 406 Å². The van der Waals surface area contributed by atoms with Crippen molar-refractivity contribution in [3.05, 3.63) is 374 Å². The zero-order valence-corrected chi connectivity index (χ0v) is 76.2. The van der Waals surface area contributed by atoms with Crippen molar-refractivity contribution in [2.45, 2.75) is 228 Å². The topological polar surface area (TPSA) is 11.4 Å². The summed E-state index contributed by atoms with van der Waals surface area (Å²) in [7, 11) is 0. The average Bonchev–Trinajstić information content (AvgIpc) is 0.859. The van der Waals surface area contributed by atoms with Gasteiger partial charge in [0.2, 0.25) is 0 Å². The van der Waals surface area contributed by atoms with Crippen molar-refractivity contribution >= 4 is 55.9 Å². The van der Waals surface area contributed by atoms with Gasteiger partial charge in [-0.2, -0.15) is 0 Å². The molecule has 0 saturated carbocycles. The van der Waals surface area contributed by atoms with Crippen LogP contribution in [-0.2, 0) is 49.7 Å². The monoisotopic (exact) mass is 1600 g/mol. The summed E-state index contributed by atoms with van der Waals surface area (Å²) in [6.45, 7) is 55.2. The minimum atomic E-state index is -0.555. The van der Waals surface area contributed by atoms with Gasteiger partial charge in [0.1, 0.15) is 0 Å². The number of hydrogen-bond donors (Lipinski definition) is 0. The Morgan fingerprint density at radius 3 is 0.943 bits per heavy atom. The lowest BCUT2D eigenvalue weighted by Crippen LogP contribution is -2.31. The van der Waals surface area contributed by atoms with E-state index in [1.54, 1.807) is 4.57 Å². The minimum Gasteiger partial charge on any atom is -0.309 e. The molecule has 1 unspecified atom stereocenters. The second-order valence-corrected chi connectivity index (χ2v) is 43.3. The Morgan fingerprint density at radius 1 is 0.262 bits per heavy atom. The molecule has 1 atom stereocenters. The number of para-hydroxylation sites is 2. The highest BCUT2D eigenvalue weighted by Gasteiger charge is 2.46. The molecule has 18 rings (SSSR count). The first-order valence-corrected chi connectivity index (χ1v) is 44.1. The van der Waals surface area contributed by atoms with E-state index in [0.29, 0.717) is 5.69 Å². The highest BCUT2D eigenvalue weighted by atomic mass is 15.2. The number of anilines is 6. The van der Waals surface area contributed by atoms with Crippen molar-refractivity contribution in [1.82, 2.24) is 4.57 Å². The number of fused-ring (bicyclic) bond motifs is 9. The van der Waals surface area contributed by atoms with Crippen molar-refractivity contribution in [1.29, 1.82) is 0 Å². The van der Waals surface area contributed by atoms with Crippen LogP contribution in [0.15, 0.2) is 285 Å². The lowest BCUT2D eigenvalue weighted by atomic mass is 9.71. The van der Waals surface area contributed by atoms with Gasteiger partial charge in [0.05, 0.1) is 56.1 Å². The molecule has 3 nitrogen and oxygen atoms in total. The molecule has 3 heteroatoms. The maximum Gasteiger partial charge on any atom is 0.0645 e. The van der Waals surface area contributed by atoms with E-state index in [0.717, 1.165) is 124 Å². The third kappa shape index (κ3) is 14.5. The molecule has 0 N–H and O–H groups in total. The van der Waals surface area contributed by atoms with Crippen molar-refractivity contribution in [2.75, 3.05) is 9.80 Å². The first kappa shape index (κ1) is 72.1. The second-order valence-electron chi connectivity index (χ2n) is 43.3. The maximum absolute atomic E-state index is 10.1. The van der Waals surface area contributed by atoms with Crippen LogP contribution < -0.4 is 9.80 Å². The fraction of sp³-hybridized carbons (Fsp3) is 0.294. The lowest BCUT2D eigenvalue weighted by molar-refractivity contribution is 0.569. The zero-order chi connectivity index (χ0) is 93.2. The molecule has 0 radical (unpaired) electrons. The van der Waals surface area contributed by atoms with Gasteiger partial charge in [0.15, 0.2) is 0 Å². The molecule has 15 aromatic rings. The van der Waals surface area contributed by atoms with E-state index in [1.165, 1.54) is 61.2 Å². The van der Waals surface area contributed by atoms with E-state index < -0.39 is 47.6 Å². The Labute approximate surface area is 739 Å². The van der Waals surface area contributed by atoms with Crippen molar-refractivity contribution in [3.63, 3.8) is 0 Å². The summed E-state index contributed by atoms with van der Waals surface area (Å²) in [5.41, 5.74) is 33.5. The van der Waals surface area contributed by atoms with Crippen LogP contribution >= 0.6 is 0 Å². The molecule has 0 saturated heterocycles. The Bertz CT molecular complexity index is 6830. The molecule has 1 aromatic heterocycles. The predicted molar refractivity (Wildman–Crippen MR) is 525 cm³/mol. The number of rotatable bonds is 9. The number of benzene rings is 14. The van der Waals surface area contributed by atoms with Crippen LogP contribution in [0.1, 0.15) is 278 Å². The minimum absolute atomic E-state index is 0.0133. The molecule has 0 fully saturated rings.